The van der Waals surface area contributed by atoms with Crippen LogP contribution in [0.3, 0.4) is 0 Å². The van der Waals surface area contributed by atoms with Gasteiger partial charge in [-0.25, -0.2) is 4.68 Å². The molecule has 0 unspecified atom stereocenters. The van der Waals surface area contributed by atoms with Crippen LogP contribution in [-0.2, 0) is 11.3 Å². The molecule has 0 amide bonds. The number of carbonyl (C=O) groups is 1. The molecule has 1 aromatic carbocycles. The van der Waals surface area contributed by atoms with E-state index in [1.165, 1.54) is 30.4 Å². The maximum Gasteiger partial charge on any atom is 0.274 e. The van der Waals surface area contributed by atoms with E-state index in [4.69, 9.17) is 0 Å². The van der Waals surface area contributed by atoms with Crippen molar-refractivity contribution in [3.8, 4) is 0 Å². The van der Waals surface area contributed by atoms with Crippen molar-refractivity contribution < 1.29 is 9.90 Å². The highest BCUT2D eigenvalue weighted by atomic mass is 16.3. The number of H-pyrrole nitrogens is 1. The van der Waals surface area contributed by atoms with Crippen LogP contribution in [0.1, 0.15) is 71.6 Å². The lowest BCUT2D eigenvalue weighted by atomic mass is 9.49. The molecule has 1 heterocycles. The lowest BCUT2D eigenvalue weighted by Crippen LogP contribution is -2.51. The Balaban J connectivity index is 1.20. The molecule has 5 nitrogen and oxygen atoms in total. The summed E-state index contributed by atoms with van der Waals surface area (Å²) >= 11 is 0. The minimum absolute atomic E-state index is 0.0616. The molecule has 33 heavy (non-hydrogen) atoms. The number of hydrogen-bond donors (Lipinski definition) is 2. The Kier molecular flexibility index (Phi) is 4.96. The van der Waals surface area contributed by atoms with Gasteiger partial charge in [-0.1, -0.05) is 19.1 Å². The van der Waals surface area contributed by atoms with Gasteiger partial charge in [0.05, 0.1) is 16.5 Å². The molecule has 4 aliphatic carbocycles. The number of fused-ring (bicyclic) bond motifs is 6. The van der Waals surface area contributed by atoms with Gasteiger partial charge in [0.25, 0.3) is 5.56 Å². The van der Waals surface area contributed by atoms with E-state index in [0.29, 0.717) is 17.2 Å². The second-order valence-electron chi connectivity index (χ2n) is 12.4. The van der Waals surface area contributed by atoms with Gasteiger partial charge in [0.2, 0.25) is 0 Å². The molecule has 2 aromatic rings. The van der Waals surface area contributed by atoms with E-state index < -0.39 is 5.60 Å². The summed E-state index contributed by atoms with van der Waals surface area (Å²) in [6, 6.07) is 7.50. The van der Waals surface area contributed by atoms with Crippen molar-refractivity contribution in [1.82, 2.24) is 9.78 Å². The van der Waals surface area contributed by atoms with Crippen LogP contribution >= 0.6 is 0 Å². The quantitative estimate of drug-likeness (QED) is 0.697. The van der Waals surface area contributed by atoms with Crippen molar-refractivity contribution in [1.29, 1.82) is 0 Å². The molecule has 0 aliphatic heterocycles. The zero-order valence-electron chi connectivity index (χ0n) is 20.1. The van der Waals surface area contributed by atoms with Gasteiger partial charge in [0.15, 0.2) is 5.78 Å². The smallest absolute Gasteiger partial charge is 0.274 e. The fourth-order valence-corrected chi connectivity index (χ4v) is 9.10. The Bertz CT molecular complexity index is 1130. The molecule has 0 radical (unpaired) electrons. The van der Waals surface area contributed by atoms with Crippen molar-refractivity contribution in [2.75, 3.05) is 0 Å². The number of rotatable bonds is 3. The SMILES string of the molecule is C[C@@]1(O)CC[C@H]2[C@H](CC[C@H]3[C@@H]2CC[C@]2(C)[C@@H](C(=O)Cn4[nH]c5ccccc5c4=O)CC[C@@H]32)C1. The van der Waals surface area contributed by atoms with Gasteiger partial charge in [-0.2, -0.15) is 0 Å². The first-order valence-electron chi connectivity index (χ1n) is 13.2. The van der Waals surface area contributed by atoms with Gasteiger partial charge < -0.3 is 5.11 Å². The van der Waals surface area contributed by atoms with Crippen LogP contribution in [0.25, 0.3) is 10.9 Å². The number of carbonyl (C=O) groups excluding carboxylic acids is 1. The van der Waals surface area contributed by atoms with E-state index in [2.05, 4.69) is 12.0 Å². The Hall–Kier alpha value is -1.88. The van der Waals surface area contributed by atoms with E-state index in [-0.39, 0.29) is 29.2 Å². The Morgan fingerprint density at radius 2 is 1.82 bits per heavy atom. The topological polar surface area (TPSA) is 75.1 Å². The van der Waals surface area contributed by atoms with E-state index in [1.807, 2.05) is 31.2 Å². The predicted molar refractivity (Wildman–Crippen MR) is 129 cm³/mol. The van der Waals surface area contributed by atoms with Crippen LogP contribution in [0.15, 0.2) is 29.1 Å². The minimum Gasteiger partial charge on any atom is -0.390 e. The molecular formula is C28H38N2O3. The van der Waals surface area contributed by atoms with Gasteiger partial charge in [-0.05, 0) is 112 Å². The molecule has 4 saturated carbocycles. The number of Topliss-reactive ketones (excluding diaryl/α,β-unsaturated/α-hetero) is 1. The summed E-state index contributed by atoms with van der Waals surface area (Å²) in [6.07, 6.45) is 10.1. The molecule has 0 bridgehead atoms. The van der Waals surface area contributed by atoms with Crippen molar-refractivity contribution >= 4 is 16.7 Å². The summed E-state index contributed by atoms with van der Waals surface area (Å²) in [5, 5.41) is 14.4. The third-order valence-electron chi connectivity index (χ3n) is 10.6. The summed E-state index contributed by atoms with van der Waals surface area (Å²) in [7, 11) is 0. The zero-order chi connectivity index (χ0) is 23.0. The summed E-state index contributed by atoms with van der Waals surface area (Å²) in [5.41, 5.74) is 0.312. The van der Waals surface area contributed by atoms with Crippen molar-refractivity contribution in [3.05, 3.63) is 34.6 Å². The predicted octanol–water partition coefficient (Wildman–Crippen LogP) is 4.92. The molecule has 8 atom stereocenters. The average Bonchev–Trinajstić information content (AvgIpc) is 3.29. The van der Waals surface area contributed by atoms with Gasteiger partial charge >= 0.3 is 0 Å². The number of benzene rings is 1. The van der Waals surface area contributed by atoms with Crippen LogP contribution < -0.4 is 5.56 Å². The fourth-order valence-electron chi connectivity index (χ4n) is 9.10. The van der Waals surface area contributed by atoms with Gasteiger partial charge in [0, 0.05) is 5.92 Å². The fraction of sp³-hybridized carbons (Fsp3) is 0.714. The highest BCUT2D eigenvalue weighted by molar-refractivity contribution is 5.83. The number of nitrogens with zero attached hydrogens (tertiary/aromatic N) is 1. The van der Waals surface area contributed by atoms with E-state index in [1.54, 1.807) is 0 Å². The average molecular weight is 451 g/mol. The standard InChI is InChI=1S/C28H38N2O3/c1-27(33)13-11-18-17(15-27)7-8-20-19(18)12-14-28(2)22(20)9-10-23(28)25(31)16-30-26(32)21-5-3-4-6-24(21)29-30/h3-6,17-20,22-23,29,33H,7-16H2,1-2H3/t17-,18+,19-,20+,22+,23-,27-,28+/m1/s1. The van der Waals surface area contributed by atoms with Crippen LogP contribution in [0.4, 0.5) is 0 Å². The number of aromatic amines is 1. The normalized spacial score (nSPS) is 42.5. The van der Waals surface area contributed by atoms with Crippen molar-refractivity contribution in [3.63, 3.8) is 0 Å². The molecule has 0 saturated heterocycles. The second-order valence-corrected chi connectivity index (χ2v) is 12.4. The van der Waals surface area contributed by atoms with Crippen LogP contribution in [0, 0.1) is 40.9 Å². The molecule has 4 fully saturated rings. The number of ketones is 1. The third kappa shape index (κ3) is 3.37. The van der Waals surface area contributed by atoms with Crippen LogP contribution in [0.5, 0.6) is 0 Å². The summed E-state index contributed by atoms with van der Waals surface area (Å²) in [5.74, 6) is 3.90. The molecule has 2 N–H and O–H groups in total. The van der Waals surface area contributed by atoms with Gasteiger partial charge in [-0.3, -0.25) is 14.7 Å². The first-order valence-corrected chi connectivity index (χ1v) is 13.2. The lowest BCUT2D eigenvalue weighted by Gasteiger charge is -2.56. The number of hydrogen-bond acceptors (Lipinski definition) is 3. The molecule has 178 valence electrons. The largest absolute Gasteiger partial charge is 0.390 e. The molecule has 5 heteroatoms. The number of aromatic nitrogens is 2. The lowest BCUT2D eigenvalue weighted by molar-refractivity contribution is -0.133. The summed E-state index contributed by atoms with van der Waals surface area (Å²) in [4.78, 5) is 26.3. The summed E-state index contributed by atoms with van der Waals surface area (Å²) < 4.78 is 1.52. The summed E-state index contributed by atoms with van der Waals surface area (Å²) in [6.45, 7) is 4.57. The van der Waals surface area contributed by atoms with Crippen LogP contribution in [0.2, 0.25) is 0 Å². The first kappa shape index (κ1) is 21.6. The monoisotopic (exact) mass is 450 g/mol. The highest BCUT2D eigenvalue weighted by Crippen LogP contribution is 2.64. The molecular weight excluding hydrogens is 412 g/mol. The Morgan fingerprint density at radius 3 is 2.64 bits per heavy atom. The van der Waals surface area contributed by atoms with Crippen molar-refractivity contribution in [2.45, 2.75) is 83.8 Å². The van der Waals surface area contributed by atoms with Gasteiger partial charge in [0.1, 0.15) is 6.54 Å². The molecule has 4 aliphatic rings. The highest BCUT2D eigenvalue weighted by Gasteiger charge is 2.58. The van der Waals surface area contributed by atoms with E-state index in [9.17, 15) is 14.7 Å². The Labute approximate surface area is 195 Å². The van der Waals surface area contributed by atoms with Gasteiger partial charge in [-0.15, -0.1) is 0 Å². The molecule has 0 spiro atoms. The number of para-hydroxylation sites is 1. The van der Waals surface area contributed by atoms with E-state index >= 15 is 0 Å². The number of aliphatic hydroxyl groups is 1. The zero-order valence-corrected chi connectivity index (χ0v) is 20.1. The van der Waals surface area contributed by atoms with Crippen LogP contribution in [-0.4, -0.2) is 26.3 Å². The Morgan fingerprint density at radius 1 is 1.03 bits per heavy atom. The second kappa shape index (κ2) is 7.56. The maximum absolute atomic E-state index is 13.6. The first-order chi connectivity index (χ1) is 15.8. The third-order valence-corrected chi connectivity index (χ3v) is 10.6. The maximum atomic E-state index is 13.6. The molecule has 6 rings (SSSR count). The minimum atomic E-state index is -0.469. The number of nitrogens with one attached hydrogen (secondary N) is 1. The van der Waals surface area contributed by atoms with E-state index in [0.717, 1.165) is 55.4 Å². The molecule has 1 aromatic heterocycles. The van der Waals surface area contributed by atoms with Crippen molar-refractivity contribution in [2.24, 2.45) is 40.9 Å².